The van der Waals surface area contributed by atoms with Crippen molar-refractivity contribution in [2.45, 2.75) is 25.1 Å². The third-order valence-electron chi connectivity index (χ3n) is 4.78. The van der Waals surface area contributed by atoms with Gasteiger partial charge >= 0.3 is 6.18 Å². The Morgan fingerprint density at radius 2 is 1.90 bits per heavy atom. The van der Waals surface area contributed by atoms with E-state index in [1.54, 1.807) is 24.3 Å². The van der Waals surface area contributed by atoms with Gasteiger partial charge in [-0.1, -0.05) is 16.8 Å². The lowest BCUT2D eigenvalue weighted by molar-refractivity contribution is -0.137. The highest BCUT2D eigenvalue weighted by Crippen LogP contribution is 2.43. The van der Waals surface area contributed by atoms with Gasteiger partial charge < -0.3 is 9.26 Å². The van der Waals surface area contributed by atoms with Crippen LogP contribution in [-0.2, 0) is 6.18 Å². The molecule has 0 unspecified atom stereocenters. The highest BCUT2D eigenvalue weighted by Gasteiger charge is 2.37. The van der Waals surface area contributed by atoms with E-state index in [4.69, 9.17) is 20.9 Å². The van der Waals surface area contributed by atoms with Crippen LogP contribution in [0.2, 0.25) is 5.02 Å². The molecule has 6 nitrogen and oxygen atoms in total. The van der Waals surface area contributed by atoms with Crippen LogP contribution in [0.15, 0.2) is 41.1 Å². The number of alkyl halides is 3. The zero-order valence-corrected chi connectivity index (χ0v) is 16.9. The zero-order valence-electron chi connectivity index (χ0n) is 16.2. The molecule has 10 heteroatoms. The largest absolute Gasteiger partial charge is 0.438 e. The molecule has 2 heterocycles. The maximum Gasteiger partial charge on any atom is 0.417 e. The van der Waals surface area contributed by atoms with Crippen LogP contribution in [0.4, 0.5) is 13.2 Å². The van der Waals surface area contributed by atoms with Gasteiger partial charge in [0.05, 0.1) is 11.6 Å². The first kappa shape index (κ1) is 20.6. The topological polar surface area (TPSA) is 64.3 Å². The van der Waals surface area contributed by atoms with Crippen LogP contribution in [0.5, 0.6) is 11.6 Å². The van der Waals surface area contributed by atoms with Crippen molar-refractivity contribution in [2.24, 2.45) is 5.92 Å². The molecular formula is C20H18ClF3N4O2. The summed E-state index contributed by atoms with van der Waals surface area (Å²) in [5, 5.41) is 3.84. The van der Waals surface area contributed by atoms with Crippen LogP contribution >= 0.6 is 11.6 Å². The monoisotopic (exact) mass is 438 g/mol. The molecule has 0 bridgehead atoms. The van der Waals surface area contributed by atoms with E-state index in [2.05, 4.69) is 20.0 Å². The van der Waals surface area contributed by atoms with Crippen molar-refractivity contribution in [2.75, 3.05) is 14.1 Å². The summed E-state index contributed by atoms with van der Waals surface area (Å²) < 4.78 is 49.1. The number of hydrogen-bond donors (Lipinski definition) is 0. The van der Waals surface area contributed by atoms with Gasteiger partial charge in [0.25, 0.3) is 0 Å². The fourth-order valence-electron chi connectivity index (χ4n) is 3.17. The summed E-state index contributed by atoms with van der Waals surface area (Å²) in [4.78, 5) is 10.3. The molecule has 2 aromatic heterocycles. The number of pyridine rings is 1. The summed E-state index contributed by atoms with van der Waals surface area (Å²) in [6.07, 6.45) is -1.55. The van der Waals surface area contributed by atoms with Crippen molar-refractivity contribution in [3.8, 4) is 23.0 Å². The van der Waals surface area contributed by atoms with Crippen LogP contribution in [0, 0.1) is 5.92 Å². The van der Waals surface area contributed by atoms with Gasteiger partial charge in [0.1, 0.15) is 10.8 Å². The fourth-order valence-corrected chi connectivity index (χ4v) is 3.37. The average molecular weight is 439 g/mol. The second-order valence-corrected chi connectivity index (χ2v) is 7.74. The van der Waals surface area contributed by atoms with E-state index in [9.17, 15) is 13.2 Å². The first-order valence-corrected chi connectivity index (χ1v) is 9.61. The molecule has 1 atom stereocenters. The first-order valence-electron chi connectivity index (χ1n) is 9.23. The van der Waals surface area contributed by atoms with Gasteiger partial charge in [0.15, 0.2) is 0 Å². The van der Waals surface area contributed by atoms with Gasteiger partial charge in [0.2, 0.25) is 17.6 Å². The Labute approximate surface area is 175 Å². The smallest absolute Gasteiger partial charge is 0.417 e. The van der Waals surface area contributed by atoms with Gasteiger partial charge in [-0.25, -0.2) is 4.98 Å². The number of ether oxygens (including phenoxy) is 1. The summed E-state index contributed by atoms with van der Waals surface area (Å²) in [6.45, 7) is 0. The van der Waals surface area contributed by atoms with Crippen molar-refractivity contribution in [3.63, 3.8) is 0 Å². The number of rotatable bonds is 6. The second kappa shape index (κ2) is 7.88. The molecule has 1 aliphatic rings. The summed E-state index contributed by atoms with van der Waals surface area (Å²) in [5.74, 6) is 1.82. The molecule has 0 amide bonds. The second-order valence-electron chi connectivity index (χ2n) is 7.34. The Balaban J connectivity index is 1.49. The molecule has 0 radical (unpaired) electrons. The normalized spacial score (nSPS) is 15.4. The van der Waals surface area contributed by atoms with E-state index in [1.165, 1.54) is 0 Å². The summed E-state index contributed by atoms with van der Waals surface area (Å²) in [5.41, 5.74) is -0.220. The predicted molar refractivity (Wildman–Crippen MR) is 103 cm³/mol. The fraction of sp³-hybridized carbons (Fsp3) is 0.350. The van der Waals surface area contributed by atoms with Crippen molar-refractivity contribution in [3.05, 3.63) is 53.0 Å². The van der Waals surface area contributed by atoms with E-state index in [0.717, 1.165) is 24.5 Å². The molecule has 1 aromatic carbocycles. The minimum Gasteiger partial charge on any atom is -0.438 e. The third kappa shape index (κ3) is 4.41. The zero-order chi connectivity index (χ0) is 21.5. The minimum absolute atomic E-state index is 0.0988. The molecule has 1 aliphatic carbocycles. The van der Waals surface area contributed by atoms with Gasteiger partial charge in [-0.05, 0) is 63.2 Å². The molecular weight excluding hydrogens is 421 g/mol. The highest BCUT2D eigenvalue weighted by atomic mass is 35.5. The molecule has 0 spiro atoms. The van der Waals surface area contributed by atoms with Crippen LogP contribution in [0.25, 0.3) is 11.4 Å². The number of hydrogen-bond acceptors (Lipinski definition) is 6. The third-order valence-corrected chi connectivity index (χ3v) is 5.05. The maximum atomic E-state index is 12.7. The van der Waals surface area contributed by atoms with Gasteiger partial charge in [-0.2, -0.15) is 18.2 Å². The molecule has 1 saturated carbocycles. The lowest BCUT2D eigenvalue weighted by atomic mass is 10.1. The first-order chi connectivity index (χ1) is 14.2. The molecule has 30 heavy (non-hydrogen) atoms. The van der Waals surface area contributed by atoms with Crippen LogP contribution in [0.1, 0.15) is 30.3 Å². The quantitative estimate of drug-likeness (QED) is 0.498. The Kier molecular flexibility index (Phi) is 5.42. The van der Waals surface area contributed by atoms with Crippen molar-refractivity contribution in [1.82, 2.24) is 20.0 Å². The SMILES string of the molecule is CN(C)[C@@H](c1nc(-c2ccc(Oc3ncc(C(F)(F)F)cc3Cl)cc2)no1)C1CC1. The minimum atomic E-state index is -4.52. The predicted octanol–water partition coefficient (Wildman–Crippen LogP) is 5.61. The van der Waals surface area contributed by atoms with Gasteiger partial charge in [-0.3, -0.25) is 4.90 Å². The summed E-state index contributed by atoms with van der Waals surface area (Å²) in [6, 6.07) is 7.59. The van der Waals surface area contributed by atoms with E-state index in [-0.39, 0.29) is 16.9 Å². The molecule has 158 valence electrons. The molecule has 3 aromatic rings. The summed E-state index contributed by atoms with van der Waals surface area (Å²) in [7, 11) is 3.97. The van der Waals surface area contributed by atoms with Crippen molar-refractivity contribution >= 4 is 11.6 Å². The molecule has 1 fully saturated rings. The Bertz CT molecular complexity index is 1030. The molecule has 0 saturated heterocycles. The number of aromatic nitrogens is 3. The van der Waals surface area contributed by atoms with E-state index in [1.807, 2.05) is 14.1 Å². The Hall–Kier alpha value is -2.65. The number of nitrogens with zero attached hydrogens (tertiary/aromatic N) is 4. The molecule has 0 aliphatic heterocycles. The Morgan fingerprint density at radius 1 is 1.20 bits per heavy atom. The van der Waals surface area contributed by atoms with E-state index < -0.39 is 11.7 Å². The van der Waals surface area contributed by atoms with Crippen LogP contribution < -0.4 is 4.74 Å². The highest BCUT2D eigenvalue weighted by molar-refractivity contribution is 6.31. The molecule has 4 rings (SSSR count). The van der Waals surface area contributed by atoms with Gasteiger partial charge in [-0.15, -0.1) is 0 Å². The van der Waals surface area contributed by atoms with Gasteiger partial charge in [0, 0.05) is 11.8 Å². The lowest BCUT2D eigenvalue weighted by Gasteiger charge is -2.19. The van der Waals surface area contributed by atoms with Crippen molar-refractivity contribution in [1.29, 1.82) is 0 Å². The number of benzene rings is 1. The van der Waals surface area contributed by atoms with E-state index in [0.29, 0.717) is 29.6 Å². The van der Waals surface area contributed by atoms with Crippen LogP contribution in [0.3, 0.4) is 0 Å². The van der Waals surface area contributed by atoms with E-state index >= 15 is 0 Å². The maximum absolute atomic E-state index is 12.7. The van der Waals surface area contributed by atoms with Crippen molar-refractivity contribution < 1.29 is 22.4 Å². The van der Waals surface area contributed by atoms with Crippen LogP contribution in [-0.4, -0.2) is 34.1 Å². The Morgan fingerprint density at radius 3 is 2.47 bits per heavy atom. The molecule has 0 N–H and O–H groups in total. The average Bonchev–Trinajstić information content (AvgIpc) is 3.39. The lowest BCUT2D eigenvalue weighted by Crippen LogP contribution is -2.22. The number of halogens is 4. The standard InChI is InChI=1S/C20H18ClF3N4O2/c1-28(2)16(11-3-4-11)19-26-17(27-30-19)12-5-7-14(8-6-12)29-18-15(21)9-13(10-25-18)20(22,23)24/h5-11,16H,3-4H2,1-2H3/t16-/m1/s1. The summed E-state index contributed by atoms with van der Waals surface area (Å²) >= 11 is 5.88.